The van der Waals surface area contributed by atoms with Crippen LogP contribution in [0.5, 0.6) is 0 Å². The van der Waals surface area contributed by atoms with Crippen LogP contribution in [0.2, 0.25) is 5.02 Å². The van der Waals surface area contributed by atoms with Gasteiger partial charge in [-0.25, -0.2) is 8.42 Å². The normalized spacial score (nSPS) is 11.1. The van der Waals surface area contributed by atoms with Crippen LogP contribution >= 0.6 is 11.6 Å². The zero-order chi connectivity index (χ0) is 20.2. The highest BCUT2D eigenvalue weighted by atomic mass is 35.5. The Morgan fingerprint density at radius 2 is 1.96 bits per heavy atom. The van der Waals surface area contributed by atoms with Crippen LogP contribution in [0.15, 0.2) is 47.4 Å². The van der Waals surface area contributed by atoms with Gasteiger partial charge in [0.25, 0.3) is 15.7 Å². The molecule has 0 radical (unpaired) electrons. The number of hydrogen-bond donors (Lipinski definition) is 0. The minimum atomic E-state index is -4.30. The fourth-order valence-electron chi connectivity index (χ4n) is 2.37. The lowest BCUT2D eigenvalue weighted by molar-refractivity contribution is -0.385. The topological polar surface area (TPSA) is 107 Å². The number of carbonyl (C=O) groups excluding carboxylic acids is 1. The predicted molar refractivity (Wildman–Crippen MR) is 100 cm³/mol. The Labute approximate surface area is 161 Å². The van der Waals surface area contributed by atoms with Crippen LogP contribution in [0.4, 0.5) is 11.4 Å². The van der Waals surface area contributed by atoms with Gasteiger partial charge in [-0.1, -0.05) is 23.7 Å². The first kappa shape index (κ1) is 20.7. The monoisotopic (exact) mass is 412 g/mol. The molecular weight excluding hydrogens is 396 g/mol. The number of rotatable bonds is 7. The lowest BCUT2D eigenvalue weighted by Crippen LogP contribution is -2.37. The highest BCUT2D eigenvalue weighted by Crippen LogP contribution is 2.29. The third-order valence-corrected chi connectivity index (χ3v) is 5.78. The molecule has 0 saturated heterocycles. The summed E-state index contributed by atoms with van der Waals surface area (Å²) in [5.74, 6) is -0.760. The molecular formula is C17H17ClN2O6S. The number of benzene rings is 2. The molecule has 0 aliphatic rings. The highest BCUT2D eigenvalue weighted by Gasteiger charge is 2.30. The Bertz CT molecular complexity index is 977. The van der Waals surface area contributed by atoms with Gasteiger partial charge in [0.2, 0.25) is 0 Å². The molecule has 0 aliphatic heterocycles. The van der Waals surface area contributed by atoms with Crippen molar-refractivity contribution in [3.8, 4) is 0 Å². The number of sulfonamides is 1. The Hall–Kier alpha value is -2.65. The SMILES string of the molecule is CCOC(=O)CN(c1cccc(Cl)c1)S(=O)(=O)c1cc([N+](=O)[O-])ccc1C. The number of anilines is 1. The molecule has 0 heterocycles. The number of nitro benzene ring substituents is 1. The number of carbonyl (C=O) groups is 1. The Morgan fingerprint density at radius 1 is 1.26 bits per heavy atom. The summed E-state index contributed by atoms with van der Waals surface area (Å²) in [4.78, 5) is 22.1. The van der Waals surface area contributed by atoms with Gasteiger partial charge in [-0.15, -0.1) is 0 Å². The van der Waals surface area contributed by atoms with Crippen molar-refractivity contribution in [1.82, 2.24) is 0 Å². The number of ether oxygens (including phenoxy) is 1. The summed E-state index contributed by atoms with van der Waals surface area (Å²) in [6.45, 7) is 2.59. The quantitative estimate of drug-likeness (QED) is 0.392. The molecule has 27 heavy (non-hydrogen) atoms. The number of hydrogen-bond acceptors (Lipinski definition) is 6. The number of nitro groups is 1. The smallest absolute Gasteiger partial charge is 0.326 e. The van der Waals surface area contributed by atoms with Crippen LogP contribution in [0.3, 0.4) is 0 Å². The third kappa shape index (κ3) is 4.75. The summed E-state index contributed by atoms with van der Waals surface area (Å²) in [5.41, 5.74) is 0.0688. The molecule has 0 atom stereocenters. The summed E-state index contributed by atoms with van der Waals surface area (Å²) in [7, 11) is -4.30. The van der Waals surface area contributed by atoms with E-state index < -0.39 is 27.5 Å². The first-order chi connectivity index (χ1) is 12.7. The molecule has 0 aliphatic carbocycles. The average Bonchev–Trinajstić information content (AvgIpc) is 2.59. The molecule has 0 aromatic heterocycles. The second-order valence-electron chi connectivity index (χ2n) is 5.50. The minimum absolute atomic E-state index is 0.0815. The number of halogens is 1. The van der Waals surface area contributed by atoms with Gasteiger partial charge in [0.05, 0.1) is 22.1 Å². The number of non-ortho nitro benzene ring substituents is 1. The Morgan fingerprint density at radius 3 is 2.56 bits per heavy atom. The highest BCUT2D eigenvalue weighted by molar-refractivity contribution is 7.93. The van der Waals surface area contributed by atoms with Gasteiger partial charge in [-0.3, -0.25) is 19.2 Å². The van der Waals surface area contributed by atoms with Gasteiger partial charge < -0.3 is 4.74 Å². The van der Waals surface area contributed by atoms with Crippen LogP contribution in [0.25, 0.3) is 0 Å². The molecule has 0 bridgehead atoms. The van der Waals surface area contributed by atoms with Crippen molar-refractivity contribution in [2.24, 2.45) is 0 Å². The number of aryl methyl sites for hydroxylation is 1. The molecule has 0 saturated carbocycles. The maximum Gasteiger partial charge on any atom is 0.326 e. The second-order valence-corrected chi connectivity index (χ2v) is 7.77. The minimum Gasteiger partial charge on any atom is -0.465 e. The van der Waals surface area contributed by atoms with Gasteiger partial charge in [0, 0.05) is 17.2 Å². The molecule has 2 aromatic carbocycles. The molecule has 2 aromatic rings. The fraction of sp³-hybridized carbons (Fsp3) is 0.235. The van der Waals surface area contributed by atoms with E-state index in [0.717, 1.165) is 10.4 Å². The van der Waals surface area contributed by atoms with Crippen LogP contribution in [0, 0.1) is 17.0 Å². The molecule has 8 nitrogen and oxygen atoms in total. The van der Waals surface area contributed by atoms with Crippen molar-refractivity contribution in [3.05, 3.63) is 63.2 Å². The average molecular weight is 413 g/mol. The standard InChI is InChI=1S/C17H17ClN2O6S/c1-3-26-17(21)11-19(14-6-4-5-13(18)9-14)27(24,25)16-10-15(20(22)23)8-7-12(16)2/h4-10H,3,11H2,1-2H3. The molecule has 0 fully saturated rings. The van der Waals surface area contributed by atoms with E-state index in [9.17, 15) is 23.3 Å². The zero-order valence-corrected chi connectivity index (χ0v) is 16.2. The van der Waals surface area contributed by atoms with Crippen molar-refractivity contribution in [2.75, 3.05) is 17.5 Å². The van der Waals surface area contributed by atoms with E-state index >= 15 is 0 Å². The molecule has 0 spiro atoms. The molecule has 10 heteroatoms. The summed E-state index contributed by atoms with van der Waals surface area (Å²) in [6, 6.07) is 9.45. The summed E-state index contributed by atoms with van der Waals surface area (Å²) >= 11 is 5.95. The van der Waals surface area contributed by atoms with Crippen LogP contribution in [-0.4, -0.2) is 32.5 Å². The number of esters is 1. The van der Waals surface area contributed by atoms with Crippen molar-refractivity contribution >= 4 is 39.0 Å². The van der Waals surface area contributed by atoms with E-state index in [1.54, 1.807) is 13.0 Å². The molecule has 2 rings (SSSR count). The molecule has 0 amide bonds. The van der Waals surface area contributed by atoms with Gasteiger partial charge >= 0.3 is 5.97 Å². The van der Waals surface area contributed by atoms with Crippen molar-refractivity contribution in [3.63, 3.8) is 0 Å². The van der Waals surface area contributed by atoms with Crippen molar-refractivity contribution < 1.29 is 22.9 Å². The third-order valence-electron chi connectivity index (χ3n) is 3.62. The maximum atomic E-state index is 13.2. The lowest BCUT2D eigenvalue weighted by Gasteiger charge is -2.24. The molecule has 0 N–H and O–H groups in total. The maximum absolute atomic E-state index is 13.2. The molecule has 0 unspecified atom stereocenters. The van der Waals surface area contributed by atoms with E-state index in [-0.39, 0.29) is 27.9 Å². The van der Waals surface area contributed by atoms with E-state index in [1.165, 1.54) is 37.3 Å². The van der Waals surface area contributed by atoms with Gasteiger partial charge in [-0.2, -0.15) is 0 Å². The van der Waals surface area contributed by atoms with E-state index in [2.05, 4.69) is 0 Å². The Kier molecular flexibility index (Phi) is 6.40. The van der Waals surface area contributed by atoms with Gasteiger partial charge in [0.1, 0.15) is 6.54 Å². The van der Waals surface area contributed by atoms with Crippen molar-refractivity contribution in [1.29, 1.82) is 0 Å². The van der Waals surface area contributed by atoms with Crippen molar-refractivity contribution in [2.45, 2.75) is 18.7 Å². The Balaban J connectivity index is 2.61. The summed E-state index contributed by atoms with van der Waals surface area (Å²) in [6.07, 6.45) is 0. The first-order valence-electron chi connectivity index (χ1n) is 7.85. The van der Waals surface area contributed by atoms with Gasteiger partial charge in [-0.05, 0) is 37.6 Å². The second kappa shape index (κ2) is 8.36. The van der Waals surface area contributed by atoms with E-state index in [1.807, 2.05) is 0 Å². The predicted octanol–water partition coefficient (Wildman–Crippen LogP) is 3.32. The van der Waals surface area contributed by atoms with Gasteiger partial charge in [0.15, 0.2) is 0 Å². The molecule has 144 valence electrons. The largest absolute Gasteiger partial charge is 0.465 e. The van der Waals surface area contributed by atoms with Crippen LogP contribution < -0.4 is 4.31 Å². The van der Waals surface area contributed by atoms with Crippen LogP contribution in [0.1, 0.15) is 12.5 Å². The first-order valence-corrected chi connectivity index (χ1v) is 9.67. The lowest BCUT2D eigenvalue weighted by atomic mass is 10.2. The summed E-state index contributed by atoms with van der Waals surface area (Å²) in [5, 5.41) is 11.3. The number of nitrogens with zero attached hydrogens (tertiary/aromatic N) is 2. The van der Waals surface area contributed by atoms with Crippen LogP contribution in [-0.2, 0) is 19.6 Å². The summed E-state index contributed by atoms with van der Waals surface area (Å²) < 4.78 is 32.1. The zero-order valence-electron chi connectivity index (χ0n) is 14.6. The fourth-order valence-corrected chi connectivity index (χ4v) is 4.20. The van der Waals surface area contributed by atoms with E-state index in [4.69, 9.17) is 16.3 Å². The van der Waals surface area contributed by atoms with E-state index in [0.29, 0.717) is 5.56 Å².